The number of hydrogen-bond donors (Lipinski definition) is 1. The highest BCUT2D eigenvalue weighted by atomic mass is 19.4. The number of benzene rings is 1. The minimum absolute atomic E-state index is 0.122. The number of carbonyl (C=O) groups excluding carboxylic acids is 2. The minimum Gasteiger partial charge on any atom is -0.296 e. The molecule has 0 atom stereocenters. The molecular weight excluding hydrogens is 247 g/mol. The molecule has 0 spiro atoms. The van der Waals surface area contributed by atoms with Crippen LogP contribution >= 0.6 is 0 Å². The Balaban J connectivity index is 2.19. The molecule has 0 bridgehead atoms. The summed E-state index contributed by atoms with van der Waals surface area (Å²) in [5, 5.41) is 2.16. The molecule has 6 heteroatoms. The van der Waals surface area contributed by atoms with E-state index < -0.39 is 23.6 Å². The van der Waals surface area contributed by atoms with Crippen molar-refractivity contribution in [2.45, 2.75) is 24.9 Å². The van der Waals surface area contributed by atoms with Gasteiger partial charge < -0.3 is 0 Å². The summed E-state index contributed by atoms with van der Waals surface area (Å²) in [6.07, 6.45) is -4.13. The summed E-state index contributed by atoms with van der Waals surface area (Å²) in [4.78, 5) is 22.3. The Bertz CT molecular complexity index is 463. The third-order valence-electron chi connectivity index (χ3n) is 2.85. The summed E-state index contributed by atoms with van der Waals surface area (Å²) in [6.45, 7) is 0. The largest absolute Gasteiger partial charge is 0.416 e. The third kappa shape index (κ3) is 2.69. The van der Waals surface area contributed by atoms with E-state index in [0.717, 1.165) is 12.1 Å². The number of imide groups is 1. The molecule has 1 heterocycles. The van der Waals surface area contributed by atoms with E-state index in [-0.39, 0.29) is 18.8 Å². The lowest BCUT2D eigenvalue weighted by Crippen LogP contribution is -2.37. The van der Waals surface area contributed by atoms with Crippen molar-refractivity contribution in [3.8, 4) is 0 Å². The van der Waals surface area contributed by atoms with Gasteiger partial charge in [0, 0.05) is 18.8 Å². The Kier molecular flexibility index (Phi) is 3.11. The summed E-state index contributed by atoms with van der Waals surface area (Å²) in [6, 6.07) is 4.57. The highest BCUT2D eigenvalue weighted by Crippen LogP contribution is 2.32. The molecule has 96 valence electrons. The second-order valence-corrected chi connectivity index (χ2v) is 4.20. The van der Waals surface area contributed by atoms with Crippen LogP contribution < -0.4 is 5.32 Å². The lowest BCUT2D eigenvalue weighted by molar-refractivity contribution is -0.138. The predicted octanol–water partition coefficient (Wildman–Crippen LogP) is 2.23. The molecule has 0 aromatic heterocycles. The van der Waals surface area contributed by atoms with Gasteiger partial charge >= 0.3 is 6.18 Å². The van der Waals surface area contributed by atoms with Gasteiger partial charge in [0.25, 0.3) is 0 Å². The van der Waals surface area contributed by atoms with Crippen LogP contribution in [0.1, 0.15) is 29.9 Å². The van der Waals surface area contributed by atoms with Crippen molar-refractivity contribution in [3.05, 3.63) is 35.4 Å². The van der Waals surface area contributed by atoms with Gasteiger partial charge in [-0.3, -0.25) is 14.9 Å². The molecular formula is C12H10F3NO2. The highest BCUT2D eigenvalue weighted by Gasteiger charge is 2.31. The SMILES string of the molecule is O=C1CC(c2ccc(C(F)(F)F)cc2)CC(=O)N1. The normalized spacial score (nSPS) is 17.7. The molecule has 1 N–H and O–H groups in total. The Morgan fingerprint density at radius 2 is 1.50 bits per heavy atom. The Morgan fingerprint density at radius 1 is 1.00 bits per heavy atom. The molecule has 0 aliphatic carbocycles. The first-order chi connectivity index (χ1) is 8.36. The molecule has 18 heavy (non-hydrogen) atoms. The van der Waals surface area contributed by atoms with Gasteiger partial charge in [-0.1, -0.05) is 12.1 Å². The molecule has 1 saturated heterocycles. The molecule has 1 aromatic carbocycles. The lowest BCUT2D eigenvalue weighted by Gasteiger charge is -2.21. The zero-order valence-electron chi connectivity index (χ0n) is 9.25. The maximum absolute atomic E-state index is 12.4. The summed E-state index contributed by atoms with van der Waals surface area (Å²) >= 11 is 0. The van der Waals surface area contributed by atoms with E-state index in [1.807, 2.05) is 0 Å². The van der Waals surface area contributed by atoms with E-state index in [1.165, 1.54) is 12.1 Å². The molecule has 0 unspecified atom stereocenters. The fraction of sp³-hybridized carbons (Fsp3) is 0.333. The molecule has 1 aliphatic rings. The van der Waals surface area contributed by atoms with Gasteiger partial charge in [0.2, 0.25) is 11.8 Å². The number of piperidine rings is 1. The van der Waals surface area contributed by atoms with Crippen LogP contribution in [-0.4, -0.2) is 11.8 Å². The van der Waals surface area contributed by atoms with E-state index in [9.17, 15) is 22.8 Å². The number of hydrogen-bond acceptors (Lipinski definition) is 2. The lowest BCUT2D eigenvalue weighted by atomic mass is 9.89. The van der Waals surface area contributed by atoms with Gasteiger partial charge in [-0.25, -0.2) is 0 Å². The average Bonchev–Trinajstić information content (AvgIpc) is 2.27. The smallest absolute Gasteiger partial charge is 0.296 e. The molecule has 0 saturated carbocycles. The van der Waals surface area contributed by atoms with Crippen molar-refractivity contribution in [2.75, 3.05) is 0 Å². The van der Waals surface area contributed by atoms with Crippen molar-refractivity contribution >= 4 is 11.8 Å². The van der Waals surface area contributed by atoms with Crippen molar-refractivity contribution < 1.29 is 22.8 Å². The average molecular weight is 257 g/mol. The first kappa shape index (κ1) is 12.6. The van der Waals surface area contributed by atoms with Crippen LogP contribution in [0.2, 0.25) is 0 Å². The van der Waals surface area contributed by atoms with E-state index in [4.69, 9.17) is 0 Å². The molecule has 3 nitrogen and oxygen atoms in total. The van der Waals surface area contributed by atoms with E-state index in [0.29, 0.717) is 5.56 Å². The molecule has 2 amide bonds. The Morgan fingerprint density at radius 3 is 1.94 bits per heavy atom. The number of alkyl halides is 3. The van der Waals surface area contributed by atoms with Gasteiger partial charge in [-0.2, -0.15) is 13.2 Å². The maximum Gasteiger partial charge on any atom is 0.416 e. The quantitative estimate of drug-likeness (QED) is 0.784. The fourth-order valence-corrected chi connectivity index (χ4v) is 1.96. The zero-order valence-corrected chi connectivity index (χ0v) is 9.25. The zero-order chi connectivity index (χ0) is 13.3. The van der Waals surface area contributed by atoms with E-state index in [1.54, 1.807) is 0 Å². The monoisotopic (exact) mass is 257 g/mol. The molecule has 1 aliphatic heterocycles. The van der Waals surface area contributed by atoms with Crippen LogP contribution in [0.15, 0.2) is 24.3 Å². The van der Waals surface area contributed by atoms with Crippen LogP contribution in [0.3, 0.4) is 0 Å². The fourth-order valence-electron chi connectivity index (χ4n) is 1.96. The Hall–Kier alpha value is -1.85. The topological polar surface area (TPSA) is 46.2 Å². The number of halogens is 3. The number of rotatable bonds is 1. The number of amides is 2. The predicted molar refractivity (Wildman–Crippen MR) is 56.6 cm³/mol. The number of carbonyl (C=O) groups is 2. The molecule has 2 rings (SSSR count). The van der Waals surface area contributed by atoms with Crippen molar-refractivity contribution in [2.24, 2.45) is 0 Å². The van der Waals surface area contributed by atoms with E-state index in [2.05, 4.69) is 5.32 Å². The highest BCUT2D eigenvalue weighted by molar-refractivity contribution is 5.98. The molecule has 1 aromatic rings. The minimum atomic E-state index is -4.38. The van der Waals surface area contributed by atoms with Crippen LogP contribution in [0.5, 0.6) is 0 Å². The third-order valence-corrected chi connectivity index (χ3v) is 2.85. The summed E-state index contributed by atoms with van der Waals surface area (Å²) in [5.74, 6) is -1.12. The standard InChI is InChI=1S/C12H10F3NO2/c13-12(14,15)9-3-1-7(2-4-9)8-5-10(17)16-11(18)6-8/h1-4,8H,5-6H2,(H,16,17,18). The summed E-state index contributed by atoms with van der Waals surface area (Å²) < 4.78 is 37.1. The van der Waals surface area contributed by atoms with Gasteiger partial charge in [0.05, 0.1) is 5.56 Å². The van der Waals surface area contributed by atoms with Crippen LogP contribution in [0.25, 0.3) is 0 Å². The first-order valence-electron chi connectivity index (χ1n) is 5.36. The van der Waals surface area contributed by atoms with Gasteiger partial charge in [0.1, 0.15) is 0 Å². The van der Waals surface area contributed by atoms with Crippen molar-refractivity contribution in [1.29, 1.82) is 0 Å². The van der Waals surface area contributed by atoms with Crippen molar-refractivity contribution in [1.82, 2.24) is 5.32 Å². The maximum atomic E-state index is 12.4. The van der Waals surface area contributed by atoms with E-state index >= 15 is 0 Å². The van der Waals surface area contributed by atoms with Gasteiger partial charge in [-0.05, 0) is 17.7 Å². The van der Waals surface area contributed by atoms with Gasteiger partial charge in [-0.15, -0.1) is 0 Å². The first-order valence-corrected chi connectivity index (χ1v) is 5.36. The number of nitrogens with one attached hydrogen (secondary N) is 1. The summed E-state index contributed by atoms with van der Waals surface area (Å²) in [7, 11) is 0. The second kappa shape index (κ2) is 4.44. The Labute approximate surface area is 101 Å². The van der Waals surface area contributed by atoms with Gasteiger partial charge in [0.15, 0.2) is 0 Å². The van der Waals surface area contributed by atoms with Crippen molar-refractivity contribution in [3.63, 3.8) is 0 Å². The molecule has 1 fully saturated rings. The van der Waals surface area contributed by atoms with Crippen LogP contribution in [-0.2, 0) is 15.8 Å². The second-order valence-electron chi connectivity index (χ2n) is 4.20. The van der Waals surface area contributed by atoms with Crippen LogP contribution in [0.4, 0.5) is 13.2 Å². The molecule has 0 radical (unpaired) electrons. The summed E-state index contributed by atoms with van der Waals surface area (Å²) in [5.41, 5.74) is -0.163. The van der Waals surface area contributed by atoms with Crippen LogP contribution in [0, 0.1) is 0 Å².